The van der Waals surface area contributed by atoms with E-state index in [1.807, 2.05) is 11.8 Å². The van der Waals surface area contributed by atoms with Gasteiger partial charge in [0.05, 0.1) is 0 Å². The predicted octanol–water partition coefficient (Wildman–Crippen LogP) is 3.00. The molecule has 1 rings (SSSR count). The van der Waals surface area contributed by atoms with E-state index in [0.717, 1.165) is 18.1 Å². The van der Waals surface area contributed by atoms with Crippen molar-refractivity contribution in [3.8, 4) is 0 Å². The fraction of sp³-hybridized carbons (Fsp3) is 0.500. The van der Waals surface area contributed by atoms with Crippen LogP contribution in [0.15, 0.2) is 24.3 Å². The maximum absolute atomic E-state index is 5.44. The molecule has 1 aromatic carbocycles. The third-order valence-electron chi connectivity index (χ3n) is 2.18. The second kappa shape index (κ2) is 6.10. The standard InChI is InChI=1S/C12H19NS/c1-10(2)12-5-3-11(4-6-12)9-14-8-7-13/h3-6,10H,7-9,13H2,1-2H3. The highest BCUT2D eigenvalue weighted by atomic mass is 32.2. The molecule has 1 nitrogen and oxygen atoms in total. The molecule has 0 bridgehead atoms. The maximum Gasteiger partial charge on any atom is 0.0185 e. The van der Waals surface area contributed by atoms with Crippen molar-refractivity contribution in [2.24, 2.45) is 5.73 Å². The van der Waals surface area contributed by atoms with Crippen LogP contribution in [0.5, 0.6) is 0 Å². The minimum Gasteiger partial charge on any atom is -0.330 e. The number of nitrogens with two attached hydrogens (primary N) is 1. The van der Waals surface area contributed by atoms with Crippen molar-refractivity contribution < 1.29 is 0 Å². The lowest BCUT2D eigenvalue weighted by Gasteiger charge is -2.06. The van der Waals surface area contributed by atoms with Crippen LogP contribution in [0.3, 0.4) is 0 Å². The molecule has 2 heteroatoms. The number of hydrogen-bond acceptors (Lipinski definition) is 2. The first-order chi connectivity index (χ1) is 6.74. The van der Waals surface area contributed by atoms with Crippen molar-refractivity contribution in [1.29, 1.82) is 0 Å². The third kappa shape index (κ3) is 3.72. The normalized spacial score (nSPS) is 10.9. The minimum atomic E-state index is 0.626. The summed E-state index contributed by atoms with van der Waals surface area (Å²) in [6.45, 7) is 5.21. The highest BCUT2D eigenvalue weighted by molar-refractivity contribution is 7.98. The Morgan fingerprint density at radius 3 is 2.36 bits per heavy atom. The van der Waals surface area contributed by atoms with Gasteiger partial charge in [-0.25, -0.2) is 0 Å². The summed E-state index contributed by atoms with van der Waals surface area (Å²) in [5.41, 5.74) is 8.25. The molecular weight excluding hydrogens is 190 g/mol. The van der Waals surface area contributed by atoms with E-state index in [1.165, 1.54) is 11.1 Å². The number of rotatable bonds is 5. The van der Waals surface area contributed by atoms with Gasteiger partial charge in [-0.1, -0.05) is 38.1 Å². The molecule has 0 saturated carbocycles. The van der Waals surface area contributed by atoms with E-state index >= 15 is 0 Å². The first kappa shape index (κ1) is 11.6. The molecule has 0 amide bonds. The number of benzene rings is 1. The quantitative estimate of drug-likeness (QED) is 0.754. The van der Waals surface area contributed by atoms with Crippen LogP contribution in [0.1, 0.15) is 30.9 Å². The van der Waals surface area contributed by atoms with Gasteiger partial charge in [0.15, 0.2) is 0 Å². The molecule has 0 radical (unpaired) electrons. The molecule has 0 aliphatic carbocycles. The summed E-state index contributed by atoms with van der Waals surface area (Å²) in [5.74, 6) is 2.75. The van der Waals surface area contributed by atoms with E-state index in [2.05, 4.69) is 38.1 Å². The Bertz CT molecular complexity index is 254. The maximum atomic E-state index is 5.44. The Hall–Kier alpha value is -0.470. The smallest absolute Gasteiger partial charge is 0.0185 e. The van der Waals surface area contributed by atoms with Crippen LogP contribution >= 0.6 is 11.8 Å². The van der Waals surface area contributed by atoms with Gasteiger partial charge in [0.1, 0.15) is 0 Å². The Morgan fingerprint density at radius 2 is 1.86 bits per heavy atom. The first-order valence-corrected chi connectivity index (χ1v) is 6.26. The van der Waals surface area contributed by atoms with Gasteiger partial charge < -0.3 is 5.73 Å². The van der Waals surface area contributed by atoms with Crippen LogP contribution in [0.25, 0.3) is 0 Å². The van der Waals surface area contributed by atoms with Gasteiger partial charge in [-0.05, 0) is 17.0 Å². The zero-order valence-electron chi connectivity index (χ0n) is 8.99. The monoisotopic (exact) mass is 209 g/mol. The Kier molecular flexibility index (Phi) is 5.05. The fourth-order valence-electron chi connectivity index (χ4n) is 1.27. The summed E-state index contributed by atoms with van der Waals surface area (Å²) in [6.07, 6.45) is 0. The molecule has 1 aromatic rings. The highest BCUT2D eigenvalue weighted by Gasteiger charge is 1.98. The molecule has 0 saturated heterocycles. The lowest BCUT2D eigenvalue weighted by molar-refractivity contribution is 0.866. The predicted molar refractivity (Wildman–Crippen MR) is 65.7 cm³/mol. The van der Waals surface area contributed by atoms with Crippen molar-refractivity contribution >= 4 is 11.8 Å². The fourth-order valence-corrected chi connectivity index (χ4v) is 2.01. The lowest BCUT2D eigenvalue weighted by atomic mass is 10.0. The Morgan fingerprint density at radius 1 is 1.21 bits per heavy atom. The summed E-state index contributed by atoms with van der Waals surface area (Å²) in [7, 11) is 0. The summed E-state index contributed by atoms with van der Waals surface area (Å²) in [5, 5.41) is 0. The second-order valence-electron chi connectivity index (χ2n) is 3.74. The average molecular weight is 209 g/mol. The number of thioether (sulfide) groups is 1. The molecule has 0 unspecified atom stereocenters. The molecule has 14 heavy (non-hydrogen) atoms. The topological polar surface area (TPSA) is 26.0 Å². The summed E-state index contributed by atoms with van der Waals surface area (Å²) in [4.78, 5) is 0. The molecule has 0 aliphatic rings. The molecular formula is C12H19NS. The van der Waals surface area contributed by atoms with Gasteiger partial charge in [-0.3, -0.25) is 0 Å². The molecule has 0 heterocycles. The van der Waals surface area contributed by atoms with Crippen LogP contribution in [0, 0.1) is 0 Å². The number of hydrogen-bond donors (Lipinski definition) is 1. The van der Waals surface area contributed by atoms with Crippen LogP contribution in [-0.2, 0) is 5.75 Å². The molecule has 0 aliphatic heterocycles. The average Bonchev–Trinajstić information content (AvgIpc) is 2.19. The van der Waals surface area contributed by atoms with Crippen molar-refractivity contribution in [2.45, 2.75) is 25.5 Å². The minimum absolute atomic E-state index is 0.626. The molecule has 0 spiro atoms. The van der Waals surface area contributed by atoms with Crippen LogP contribution in [0.4, 0.5) is 0 Å². The van der Waals surface area contributed by atoms with E-state index in [0.29, 0.717) is 5.92 Å². The van der Waals surface area contributed by atoms with E-state index in [9.17, 15) is 0 Å². The summed E-state index contributed by atoms with van der Waals surface area (Å²) in [6, 6.07) is 8.89. The van der Waals surface area contributed by atoms with Crippen molar-refractivity contribution in [3.05, 3.63) is 35.4 Å². The molecule has 0 aromatic heterocycles. The molecule has 2 N–H and O–H groups in total. The van der Waals surface area contributed by atoms with Gasteiger partial charge in [0.2, 0.25) is 0 Å². The zero-order chi connectivity index (χ0) is 10.4. The van der Waals surface area contributed by atoms with Gasteiger partial charge in [0.25, 0.3) is 0 Å². The van der Waals surface area contributed by atoms with E-state index in [4.69, 9.17) is 5.73 Å². The highest BCUT2D eigenvalue weighted by Crippen LogP contribution is 2.17. The van der Waals surface area contributed by atoms with E-state index < -0.39 is 0 Å². The van der Waals surface area contributed by atoms with Crippen molar-refractivity contribution in [1.82, 2.24) is 0 Å². The van der Waals surface area contributed by atoms with Gasteiger partial charge >= 0.3 is 0 Å². The van der Waals surface area contributed by atoms with E-state index in [-0.39, 0.29) is 0 Å². The summed E-state index contributed by atoms with van der Waals surface area (Å²) >= 11 is 1.90. The summed E-state index contributed by atoms with van der Waals surface area (Å²) < 4.78 is 0. The van der Waals surface area contributed by atoms with Gasteiger partial charge in [-0.15, -0.1) is 0 Å². The van der Waals surface area contributed by atoms with Gasteiger partial charge in [0, 0.05) is 18.1 Å². The lowest BCUT2D eigenvalue weighted by Crippen LogP contribution is -2.01. The van der Waals surface area contributed by atoms with Crippen molar-refractivity contribution in [3.63, 3.8) is 0 Å². The second-order valence-corrected chi connectivity index (χ2v) is 4.84. The van der Waals surface area contributed by atoms with Crippen LogP contribution in [-0.4, -0.2) is 12.3 Å². The largest absolute Gasteiger partial charge is 0.330 e. The molecule has 78 valence electrons. The van der Waals surface area contributed by atoms with Gasteiger partial charge in [-0.2, -0.15) is 11.8 Å². The Balaban J connectivity index is 2.47. The SMILES string of the molecule is CC(C)c1ccc(CSCCN)cc1. The zero-order valence-corrected chi connectivity index (χ0v) is 9.81. The Labute approximate surface area is 91.1 Å². The molecule has 0 fully saturated rings. The van der Waals surface area contributed by atoms with Crippen LogP contribution < -0.4 is 5.73 Å². The van der Waals surface area contributed by atoms with E-state index in [1.54, 1.807) is 0 Å². The molecule has 0 atom stereocenters. The first-order valence-electron chi connectivity index (χ1n) is 5.10. The third-order valence-corrected chi connectivity index (χ3v) is 3.24. The van der Waals surface area contributed by atoms with Crippen LogP contribution in [0.2, 0.25) is 0 Å². The van der Waals surface area contributed by atoms with Crippen molar-refractivity contribution in [2.75, 3.05) is 12.3 Å².